The Morgan fingerprint density at radius 1 is 1.09 bits per heavy atom. The van der Waals surface area contributed by atoms with Crippen molar-refractivity contribution in [2.24, 2.45) is 29.1 Å². The number of aryl methyl sites for hydroxylation is 2. The van der Waals surface area contributed by atoms with E-state index in [9.17, 15) is 24.9 Å². The molecule has 2 aliphatic rings. The highest BCUT2D eigenvalue weighted by Crippen LogP contribution is 2.54. The number of Topliss-reactive ketones (excluding diaryl/α,β-unsaturated/α-hetero) is 1. The second kappa shape index (κ2) is 13.6. The molecule has 2 heterocycles. The van der Waals surface area contributed by atoms with Crippen molar-refractivity contribution >= 4 is 11.8 Å². The number of hydrogen-bond acceptors (Lipinski definition) is 6. The van der Waals surface area contributed by atoms with E-state index in [0.717, 1.165) is 32.1 Å². The van der Waals surface area contributed by atoms with Crippen LogP contribution >= 0.6 is 0 Å². The maximum absolute atomic E-state index is 14.1. The standard InChI is InChI=1S/C36H58O7/c1-11-27(35(10)23(6)20-36(13-3,43-35)28-18-19-34(9,12-2)25(8)42-28)32(39)24(7)30(37)21(4)14-16-26-17-15-22(5)31(38)29(26)33(40)41/h15,17,21,23-25,27-28,30,37-38H,11-14,16,18-20H2,1-10H3,(H,40,41)/t21-,23+,24+,25-,27+,28-,30+,34+,35+,36+/m1/s1. The summed E-state index contributed by atoms with van der Waals surface area (Å²) in [4.78, 5) is 25.9. The van der Waals surface area contributed by atoms with Crippen molar-refractivity contribution in [3.8, 4) is 5.75 Å². The number of carboxylic acid groups (broad SMARTS) is 1. The molecule has 0 amide bonds. The fraction of sp³-hybridized carbons (Fsp3) is 0.778. The van der Waals surface area contributed by atoms with Gasteiger partial charge in [0.15, 0.2) is 0 Å². The summed E-state index contributed by atoms with van der Waals surface area (Å²) in [5, 5.41) is 31.3. The van der Waals surface area contributed by atoms with Gasteiger partial charge >= 0.3 is 5.97 Å². The van der Waals surface area contributed by atoms with E-state index in [2.05, 4.69) is 41.5 Å². The van der Waals surface area contributed by atoms with Gasteiger partial charge in [-0.15, -0.1) is 0 Å². The molecule has 2 aliphatic heterocycles. The van der Waals surface area contributed by atoms with Crippen LogP contribution in [0.5, 0.6) is 5.75 Å². The number of aliphatic hydroxyl groups excluding tert-OH is 1. The molecule has 1 aromatic rings. The first-order valence-corrected chi connectivity index (χ1v) is 16.6. The topological polar surface area (TPSA) is 113 Å². The molecule has 0 bridgehead atoms. The Bertz CT molecular complexity index is 1150. The molecule has 1 aromatic carbocycles. The molecule has 0 aromatic heterocycles. The summed E-state index contributed by atoms with van der Waals surface area (Å²) in [5.41, 5.74) is -0.0122. The van der Waals surface area contributed by atoms with E-state index in [4.69, 9.17) is 9.47 Å². The molecule has 7 heteroatoms. The highest BCUT2D eigenvalue weighted by molar-refractivity contribution is 5.93. The molecule has 0 spiro atoms. The highest BCUT2D eigenvalue weighted by Gasteiger charge is 2.60. The number of hydrogen-bond donors (Lipinski definition) is 3. The first-order valence-electron chi connectivity index (χ1n) is 16.6. The third-order valence-electron chi connectivity index (χ3n) is 11.9. The monoisotopic (exact) mass is 602 g/mol. The van der Waals surface area contributed by atoms with Crippen LogP contribution < -0.4 is 0 Å². The minimum atomic E-state index is -1.17. The van der Waals surface area contributed by atoms with Crippen LogP contribution in [0.3, 0.4) is 0 Å². The van der Waals surface area contributed by atoms with Gasteiger partial charge in [-0.3, -0.25) is 4.79 Å². The van der Waals surface area contributed by atoms with E-state index in [1.54, 1.807) is 26.0 Å². The molecule has 3 rings (SSSR count). The van der Waals surface area contributed by atoms with Gasteiger partial charge in [-0.25, -0.2) is 4.79 Å². The average molecular weight is 603 g/mol. The molecule has 0 saturated carbocycles. The van der Waals surface area contributed by atoms with Crippen LogP contribution in [0.15, 0.2) is 12.1 Å². The smallest absolute Gasteiger partial charge is 0.339 e. The number of aliphatic hydroxyl groups is 1. The number of ketones is 1. The lowest BCUT2D eigenvalue weighted by Crippen LogP contribution is -2.54. The van der Waals surface area contributed by atoms with Gasteiger partial charge in [0.25, 0.3) is 0 Å². The quantitative estimate of drug-likeness (QED) is 0.214. The Morgan fingerprint density at radius 2 is 1.74 bits per heavy atom. The largest absolute Gasteiger partial charge is 0.507 e. The maximum Gasteiger partial charge on any atom is 0.339 e. The minimum Gasteiger partial charge on any atom is -0.507 e. The number of ether oxygens (including phenoxy) is 2. The van der Waals surface area contributed by atoms with Gasteiger partial charge in [0, 0.05) is 11.8 Å². The van der Waals surface area contributed by atoms with Crippen molar-refractivity contribution in [2.45, 2.75) is 150 Å². The zero-order valence-corrected chi connectivity index (χ0v) is 28.3. The number of benzene rings is 1. The molecule has 3 N–H and O–H groups in total. The second-order valence-electron chi connectivity index (χ2n) is 14.4. The molecule has 43 heavy (non-hydrogen) atoms. The Balaban J connectivity index is 1.75. The summed E-state index contributed by atoms with van der Waals surface area (Å²) in [5.74, 6) is -2.47. The van der Waals surface area contributed by atoms with Crippen molar-refractivity contribution < 1.29 is 34.4 Å². The van der Waals surface area contributed by atoms with Crippen LogP contribution in [0.25, 0.3) is 0 Å². The van der Waals surface area contributed by atoms with E-state index in [-0.39, 0.29) is 52.5 Å². The summed E-state index contributed by atoms with van der Waals surface area (Å²) in [7, 11) is 0. The number of aromatic hydroxyl groups is 1. The van der Waals surface area contributed by atoms with Gasteiger partial charge in [0.1, 0.15) is 17.1 Å². The SMILES string of the molecule is CC[C@@H](C(=O)[C@@H](C)[C@@H](O)[C@H](C)CCc1ccc(C)c(O)c1C(=O)O)[C@@]1(C)O[C@](CC)([C@H]2CC[C@](C)(CC)[C@@H](C)O2)C[C@@H]1C. The number of aromatic carboxylic acids is 1. The zero-order valence-electron chi connectivity index (χ0n) is 28.3. The lowest BCUT2D eigenvalue weighted by molar-refractivity contribution is -0.227. The predicted molar refractivity (Wildman–Crippen MR) is 170 cm³/mol. The van der Waals surface area contributed by atoms with Crippen LogP contribution in [0.4, 0.5) is 0 Å². The number of carboxylic acids is 1. The first kappa shape index (κ1) is 35.5. The molecule has 10 atom stereocenters. The minimum absolute atomic E-state index is 0.0102. The first-order chi connectivity index (χ1) is 20.0. The fourth-order valence-corrected chi connectivity index (χ4v) is 7.96. The Kier molecular flexibility index (Phi) is 11.2. The van der Waals surface area contributed by atoms with Gasteiger partial charge in [0.2, 0.25) is 0 Å². The van der Waals surface area contributed by atoms with Crippen molar-refractivity contribution in [1.29, 1.82) is 0 Å². The Labute approximate surface area is 259 Å². The summed E-state index contributed by atoms with van der Waals surface area (Å²) in [6.45, 7) is 20.6. The summed E-state index contributed by atoms with van der Waals surface area (Å²) in [6, 6.07) is 3.43. The normalized spacial score (nSPS) is 34.0. The molecule has 244 valence electrons. The van der Waals surface area contributed by atoms with Gasteiger partial charge < -0.3 is 24.8 Å². The molecule has 7 nitrogen and oxygen atoms in total. The van der Waals surface area contributed by atoms with Gasteiger partial charge in [-0.05, 0) is 101 Å². The van der Waals surface area contributed by atoms with E-state index < -0.39 is 29.2 Å². The number of rotatable bonds is 13. The third kappa shape index (κ3) is 6.69. The van der Waals surface area contributed by atoms with Crippen LogP contribution in [-0.2, 0) is 20.7 Å². The van der Waals surface area contributed by atoms with E-state index in [1.165, 1.54) is 0 Å². The van der Waals surface area contributed by atoms with Crippen LogP contribution in [0.1, 0.15) is 129 Å². The summed E-state index contributed by atoms with van der Waals surface area (Å²) >= 11 is 0. The Morgan fingerprint density at radius 3 is 2.28 bits per heavy atom. The van der Waals surface area contributed by atoms with Crippen molar-refractivity contribution in [2.75, 3.05) is 0 Å². The molecule has 2 fully saturated rings. The van der Waals surface area contributed by atoms with Crippen LogP contribution in [0.2, 0.25) is 0 Å². The fourth-order valence-electron chi connectivity index (χ4n) is 7.96. The second-order valence-corrected chi connectivity index (χ2v) is 14.4. The van der Waals surface area contributed by atoms with Gasteiger partial charge in [0.05, 0.1) is 29.5 Å². The highest BCUT2D eigenvalue weighted by atomic mass is 16.6. The number of carbonyl (C=O) groups excluding carboxylic acids is 1. The van der Waals surface area contributed by atoms with E-state index in [1.807, 2.05) is 13.8 Å². The lowest BCUT2D eigenvalue weighted by atomic mass is 9.70. The molecular weight excluding hydrogens is 544 g/mol. The van der Waals surface area contributed by atoms with Crippen LogP contribution in [0, 0.1) is 36.0 Å². The lowest BCUT2D eigenvalue weighted by Gasteiger charge is -2.49. The average Bonchev–Trinajstić information content (AvgIpc) is 3.24. The molecule has 0 radical (unpaired) electrons. The van der Waals surface area contributed by atoms with Crippen LogP contribution in [-0.4, -0.2) is 56.6 Å². The van der Waals surface area contributed by atoms with E-state index >= 15 is 0 Å². The van der Waals surface area contributed by atoms with Crippen molar-refractivity contribution in [1.82, 2.24) is 0 Å². The number of carbonyl (C=O) groups is 2. The summed E-state index contributed by atoms with van der Waals surface area (Å²) in [6.07, 6.45) is 5.50. The zero-order chi connectivity index (χ0) is 32.5. The Hall–Kier alpha value is -1.96. The third-order valence-corrected chi connectivity index (χ3v) is 11.9. The number of phenols is 1. The molecule has 2 saturated heterocycles. The molecule has 0 unspecified atom stereocenters. The van der Waals surface area contributed by atoms with Crippen molar-refractivity contribution in [3.63, 3.8) is 0 Å². The van der Waals surface area contributed by atoms with Gasteiger partial charge in [-0.1, -0.05) is 60.6 Å². The van der Waals surface area contributed by atoms with Gasteiger partial charge in [-0.2, -0.15) is 0 Å². The summed E-state index contributed by atoms with van der Waals surface area (Å²) < 4.78 is 13.8. The maximum atomic E-state index is 14.1. The van der Waals surface area contributed by atoms with Crippen molar-refractivity contribution in [3.05, 3.63) is 28.8 Å². The predicted octanol–water partition coefficient (Wildman–Crippen LogP) is 7.51. The van der Waals surface area contributed by atoms with E-state index in [0.29, 0.717) is 30.4 Å². The molecule has 0 aliphatic carbocycles. The molecular formula is C36H58O7.